The molecule has 2 nitrogen and oxygen atoms in total. The number of hydrogen-bond acceptors (Lipinski definition) is 2. The first kappa shape index (κ1) is 9.31. The van der Waals surface area contributed by atoms with Crippen LogP contribution in [0.2, 0.25) is 0 Å². The van der Waals surface area contributed by atoms with Crippen molar-refractivity contribution in [2.45, 2.75) is 18.1 Å². The smallest absolute Gasteiger partial charge is 0.154 e. The summed E-state index contributed by atoms with van der Waals surface area (Å²) in [4.78, 5) is 0. The summed E-state index contributed by atoms with van der Waals surface area (Å²) < 4.78 is 14.3. The second-order valence-electron chi connectivity index (χ2n) is 4.47. The molecule has 1 aromatic carbocycles. The van der Waals surface area contributed by atoms with Crippen LogP contribution in [0.4, 0.5) is 4.39 Å². The quantitative estimate of drug-likeness (QED) is 0.721. The summed E-state index contributed by atoms with van der Waals surface area (Å²) in [6.07, 6.45) is 1.01. The molecular weight excluding hydrogens is 191 g/mol. The first-order chi connectivity index (χ1) is 7.30. The highest BCUT2D eigenvalue weighted by atomic mass is 19.1. The molecule has 2 N–H and O–H groups in total. The lowest BCUT2D eigenvalue weighted by atomic mass is 9.81. The molecule has 0 aliphatic carbocycles. The second kappa shape index (κ2) is 3.29. The number of fused-ring (bicyclic) bond motifs is 1. The predicted molar refractivity (Wildman–Crippen MR) is 57.6 cm³/mol. The molecule has 1 fully saturated rings. The van der Waals surface area contributed by atoms with Crippen LogP contribution in [0.5, 0.6) is 0 Å². The third kappa shape index (κ3) is 1.38. The Morgan fingerprint density at radius 1 is 1.27 bits per heavy atom. The van der Waals surface area contributed by atoms with Crippen molar-refractivity contribution in [1.82, 2.24) is 10.6 Å². The normalized spacial score (nSPS) is 27.9. The van der Waals surface area contributed by atoms with E-state index in [-0.39, 0.29) is 6.04 Å². The van der Waals surface area contributed by atoms with Crippen molar-refractivity contribution < 1.29 is 4.39 Å². The minimum Gasteiger partial charge on any atom is -0.310 e. The van der Waals surface area contributed by atoms with Crippen molar-refractivity contribution in [2.75, 3.05) is 19.6 Å². The molecule has 2 aliphatic heterocycles. The summed E-state index contributed by atoms with van der Waals surface area (Å²) >= 11 is 0. The third-order valence-electron chi connectivity index (χ3n) is 3.46. The molecule has 0 amide bonds. The molecular formula is C12H15FN2. The fraction of sp³-hybridized carbons (Fsp3) is 0.500. The molecule has 1 saturated heterocycles. The lowest BCUT2D eigenvalue weighted by Gasteiger charge is -2.44. The van der Waals surface area contributed by atoms with Crippen LogP contribution < -0.4 is 10.6 Å². The maximum atomic E-state index is 14.3. The van der Waals surface area contributed by atoms with Gasteiger partial charge in [-0.15, -0.1) is 0 Å². The molecule has 0 radical (unpaired) electrons. The van der Waals surface area contributed by atoms with Crippen LogP contribution in [0.15, 0.2) is 24.3 Å². The van der Waals surface area contributed by atoms with E-state index in [0.717, 1.165) is 18.5 Å². The van der Waals surface area contributed by atoms with E-state index < -0.39 is 5.67 Å². The number of hydrogen-bond donors (Lipinski definition) is 2. The van der Waals surface area contributed by atoms with E-state index in [0.29, 0.717) is 13.1 Å². The van der Waals surface area contributed by atoms with Crippen molar-refractivity contribution in [3.8, 4) is 0 Å². The molecule has 2 aliphatic rings. The van der Waals surface area contributed by atoms with E-state index in [4.69, 9.17) is 0 Å². The Hall–Kier alpha value is -0.930. The molecule has 80 valence electrons. The monoisotopic (exact) mass is 206 g/mol. The molecule has 1 unspecified atom stereocenters. The summed E-state index contributed by atoms with van der Waals surface area (Å²) in [6, 6.07) is 8.06. The summed E-state index contributed by atoms with van der Waals surface area (Å²) in [7, 11) is 0. The van der Waals surface area contributed by atoms with Crippen molar-refractivity contribution in [3.05, 3.63) is 35.4 Å². The lowest BCUT2D eigenvalue weighted by molar-refractivity contribution is 0.0419. The predicted octanol–water partition coefficient (Wildman–Crippen LogP) is 1.18. The minimum atomic E-state index is -1.09. The van der Waals surface area contributed by atoms with E-state index in [1.54, 1.807) is 0 Å². The Morgan fingerprint density at radius 2 is 2.07 bits per heavy atom. The Labute approximate surface area is 88.9 Å². The maximum absolute atomic E-state index is 14.3. The van der Waals surface area contributed by atoms with Gasteiger partial charge in [0.05, 0.1) is 6.04 Å². The van der Waals surface area contributed by atoms with Gasteiger partial charge in [0.2, 0.25) is 0 Å². The first-order valence-corrected chi connectivity index (χ1v) is 5.50. The standard InChI is InChI=1S/C12H15FN2/c13-12(7-14-8-12)11-10-4-2-1-3-9(10)5-6-15-11/h1-4,11,14-15H,5-8H2. The van der Waals surface area contributed by atoms with Crippen molar-refractivity contribution in [1.29, 1.82) is 0 Å². The summed E-state index contributed by atoms with van der Waals surface area (Å²) in [6.45, 7) is 1.82. The van der Waals surface area contributed by atoms with Gasteiger partial charge in [0.1, 0.15) is 0 Å². The molecule has 15 heavy (non-hydrogen) atoms. The highest BCUT2D eigenvalue weighted by molar-refractivity contribution is 5.35. The number of halogens is 1. The van der Waals surface area contributed by atoms with Gasteiger partial charge >= 0.3 is 0 Å². The van der Waals surface area contributed by atoms with Gasteiger partial charge in [-0.2, -0.15) is 0 Å². The average Bonchev–Trinajstić information content (AvgIpc) is 2.25. The zero-order valence-corrected chi connectivity index (χ0v) is 8.59. The van der Waals surface area contributed by atoms with Crippen molar-refractivity contribution in [3.63, 3.8) is 0 Å². The van der Waals surface area contributed by atoms with Gasteiger partial charge in [-0.25, -0.2) is 4.39 Å². The third-order valence-corrected chi connectivity index (χ3v) is 3.46. The van der Waals surface area contributed by atoms with Crippen LogP contribution in [0.3, 0.4) is 0 Å². The molecule has 0 aromatic heterocycles. The van der Waals surface area contributed by atoms with Gasteiger partial charge in [-0.3, -0.25) is 0 Å². The largest absolute Gasteiger partial charge is 0.310 e. The maximum Gasteiger partial charge on any atom is 0.154 e. The second-order valence-corrected chi connectivity index (χ2v) is 4.47. The van der Waals surface area contributed by atoms with Gasteiger partial charge in [-0.1, -0.05) is 24.3 Å². The minimum absolute atomic E-state index is 0.122. The first-order valence-electron chi connectivity index (χ1n) is 5.50. The average molecular weight is 206 g/mol. The van der Waals surface area contributed by atoms with Crippen LogP contribution >= 0.6 is 0 Å². The molecule has 3 rings (SSSR count). The number of benzene rings is 1. The molecule has 0 bridgehead atoms. The molecule has 0 spiro atoms. The number of nitrogens with one attached hydrogen (secondary N) is 2. The van der Waals surface area contributed by atoms with Crippen LogP contribution in [0.25, 0.3) is 0 Å². The topological polar surface area (TPSA) is 24.1 Å². The molecule has 1 aromatic rings. The van der Waals surface area contributed by atoms with Crippen molar-refractivity contribution in [2.24, 2.45) is 0 Å². The van der Waals surface area contributed by atoms with Crippen LogP contribution in [-0.4, -0.2) is 25.3 Å². The fourth-order valence-corrected chi connectivity index (χ4v) is 2.53. The van der Waals surface area contributed by atoms with Crippen LogP contribution in [-0.2, 0) is 6.42 Å². The van der Waals surface area contributed by atoms with Crippen LogP contribution in [0.1, 0.15) is 17.2 Å². The zero-order chi connectivity index (χ0) is 10.3. The Kier molecular flexibility index (Phi) is 2.04. The zero-order valence-electron chi connectivity index (χ0n) is 8.59. The van der Waals surface area contributed by atoms with Gasteiger partial charge < -0.3 is 10.6 Å². The Balaban J connectivity index is 1.98. The van der Waals surface area contributed by atoms with E-state index >= 15 is 0 Å². The summed E-state index contributed by atoms with van der Waals surface area (Å²) in [5.41, 5.74) is 1.36. The van der Waals surface area contributed by atoms with Gasteiger partial charge in [0.15, 0.2) is 5.67 Å². The van der Waals surface area contributed by atoms with Gasteiger partial charge in [-0.05, 0) is 24.1 Å². The summed E-state index contributed by atoms with van der Waals surface area (Å²) in [5, 5.41) is 6.32. The molecule has 3 heteroatoms. The lowest BCUT2D eigenvalue weighted by Crippen LogP contribution is -2.63. The number of rotatable bonds is 1. The fourth-order valence-electron chi connectivity index (χ4n) is 2.53. The van der Waals surface area contributed by atoms with Gasteiger partial charge in [0, 0.05) is 13.1 Å². The molecule has 2 heterocycles. The summed E-state index contributed by atoms with van der Waals surface area (Å²) in [5.74, 6) is 0. The van der Waals surface area contributed by atoms with E-state index in [1.807, 2.05) is 18.2 Å². The number of alkyl halides is 1. The van der Waals surface area contributed by atoms with E-state index in [1.165, 1.54) is 5.56 Å². The molecule has 0 saturated carbocycles. The highest BCUT2D eigenvalue weighted by Gasteiger charge is 2.46. The SMILES string of the molecule is FC1(C2NCCc3ccccc32)CNC1. The molecule has 1 atom stereocenters. The van der Waals surface area contributed by atoms with E-state index in [9.17, 15) is 4.39 Å². The van der Waals surface area contributed by atoms with Gasteiger partial charge in [0.25, 0.3) is 0 Å². The highest BCUT2D eigenvalue weighted by Crippen LogP contribution is 2.36. The Morgan fingerprint density at radius 3 is 2.80 bits per heavy atom. The van der Waals surface area contributed by atoms with Crippen LogP contribution in [0, 0.1) is 0 Å². The van der Waals surface area contributed by atoms with E-state index in [2.05, 4.69) is 16.7 Å². The van der Waals surface area contributed by atoms with Crippen molar-refractivity contribution >= 4 is 0 Å². The Bertz CT molecular complexity index is 374.